The Morgan fingerprint density at radius 2 is 1.74 bits per heavy atom. The first kappa shape index (κ1) is 43.0. The van der Waals surface area contributed by atoms with Crippen molar-refractivity contribution in [3.8, 4) is 17.2 Å². The monoisotopic (exact) mass is 853 g/mol. The number of fused-ring (bicyclic) bond motifs is 3. The molecule has 326 valence electrons. The molecular weight excluding hydrogens is 807 g/mol. The number of aliphatic hydroxyl groups excluding tert-OH is 2. The van der Waals surface area contributed by atoms with E-state index in [1.54, 1.807) is 19.9 Å². The van der Waals surface area contributed by atoms with Crippen LogP contribution in [-0.2, 0) is 30.2 Å². The zero-order valence-corrected chi connectivity index (χ0v) is 34.4. The Morgan fingerprint density at radius 1 is 1.02 bits per heavy atom. The lowest BCUT2D eigenvalue weighted by Crippen LogP contribution is -2.59. The molecule has 17 nitrogen and oxygen atoms in total. The van der Waals surface area contributed by atoms with Gasteiger partial charge in [0, 0.05) is 60.6 Å². The summed E-state index contributed by atoms with van der Waals surface area (Å²) in [6, 6.07) is 8.41. The Kier molecular flexibility index (Phi) is 11.5. The number of ether oxygens (including phenoxy) is 4. The smallest absolute Gasteiger partial charge is 0.271 e. The Labute approximate surface area is 355 Å². The van der Waals surface area contributed by atoms with Crippen molar-refractivity contribution in [2.24, 2.45) is 5.10 Å². The first-order chi connectivity index (χ1) is 29.5. The van der Waals surface area contributed by atoms with Crippen LogP contribution in [0.4, 0.5) is 0 Å². The maximum atomic E-state index is 14.2. The van der Waals surface area contributed by atoms with Crippen molar-refractivity contribution < 1.29 is 68.5 Å². The van der Waals surface area contributed by atoms with E-state index < -0.39 is 119 Å². The Bertz CT molecular complexity index is 2450. The van der Waals surface area contributed by atoms with Crippen LogP contribution in [0.5, 0.6) is 17.2 Å². The fraction of sp³-hybridized carbons (Fsp3) is 0.422. The van der Waals surface area contributed by atoms with Crippen LogP contribution >= 0.6 is 0 Å². The number of phenols is 2. The van der Waals surface area contributed by atoms with Crippen molar-refractivity contribution in [1.82, 2.24) is 10.3 Å². The quantitative estimate of drug-likeness (QED) is 0.0611. The van der Waals surface area contributed by atoms with Crippen LogP contribution in [0.2, 0.25) is 0 Å². The van der Waals surface area contributed by atoms with Gasteiger partial charge in [-0.3, -0.25) is 28.9 Å². The van der Waals surface area contributed by atoms with Crippen LogP contribution in [0.3, 0.4) is 0 Å². The van der Waals surface area contributed by atoms with E-state index in [4.69, 9.17) is 18.9 Å². The number of aliphatic hydroxyl groups is 3. The summed E-state index contributed by atoms with van der Waals surface area (Å²) < 4.78 is 23.8. The number of aryl methyl sites for hydroxylation is 1. The lowest BCUT2D eigenvalue weighted by Gasteiger charge is -2.47. The number of allylic oxidation sites excluding steroid dienone is 2. The average Bonchev–Trinajstić information content (AvgIpc) is 3.58. The van der Waals surface area contributed by atoms with Crippen LogP contribution in [0.1, 0.15) is 103 Å². The molecule has 3 aromatic carbocycles. The van der Waals surface area contributed by atoms with Crippen molar-refractivity contribution >= 4 is 34.8 Å². The lowest BCUT2D eigenvalue weighted by atomic mass is 9.71. The van der Waals surface area contributed by atoms with E-state index in [2.05, 4.69) is 15.4 Å². The number of carbonyl (C=O) groups excluding carboxylic acids is 5. The third kappa shape index (κ3) is 7.42. The summed E-state index contributed by atoms with van der Waals surface area (Å²) in [5.74, 6) is -5.69. The molecule has 2 saturated heterocycles. The summed E-state index contributed by atoms with van der Waals surface area (Å²) >= 11 is 0. The molecule has 3 aromatic rings. The van der Waals surface area contributed by atoms with Gasteiger partial charge in [0.2, 0.25) is 5.78 Å². The van der Waals surface area contributed by atoms with E-state index in [0.29, 0.717) is 30.8 Å². The molecule has 0 aromatic heterocycles. The largest absolute Gasteiger partial charge is 0.507 e. The molecule has 5 aliphatic rings. The topological polar surface area (TPSA) is 251 Å². The van der Waals surface area contributed by atoms with Gasteiger partial charge in [-0.25, -0.2) is 5.43 Å². The predicted molar refractivity (Wildman–Crippen MR) is 218 cm³/mol. The highest BCUT2D eigenvalue weighted by Crippen LogP contribution is 2.53. The number of carbonyl (C=O) groups is 5. The number of hydrazone groups is 1. The molecule has 17 heteroatoms. The number of amides is 1. The van der Waals surface area contributed by atoms with E-state index in [1.807, 2.05) is 6.92 Å². The molecule has 0 bridgehead atoms. The number of rotatable bonds is 9. The molecule has 3 aliphatic carbocycles. The minimum absolute atomic E-state index is 0.0278. The van der Waals surface area contributed by atoms with Gasteiger partial charge >= 0.3 is 0 Å². The summed E-state index contributed by atoms with van der Waals surface area (Å²) in [4.78, 5) is 68.9. The van der Waals surface area contributed by atoms with Crippen molar-refractivity contribution in [2.75, 3.05) is 33.4 Å². The molecule has 6 N–H and O–H groups in total. The molecule has 2 fully saturated rings. The molecule has 2 aliphatic heterocycles. The first-order valence-corrected chi connectivity index (χ1v) is 20.3. The number of ketones is 4. The zero-order valence-electron chi connectivity index (χ0n) is 34.4. The fourth-order valence-electron chi connectivity index (χ4n) is 9.47. The first-order valence-electron chi connectivity index (χ1n) is 20.3. The molecule has 0 radical (unpaired) electrons. The van der Waals surface area contributed by atoms with Crippen LogP contribution in [0.15, 0.2) is 53.7 Å². The average molecular weight is 854 g/mol. The second-order valence-corrected chi connectivity index (χ2v) is 16.5. The summed E-state index contributed by atoms with van der Waals surface area (Å²) in [5, 5.41) is 62.8. The molecule has 8 rings (SSSR count). The van der Waals surface area contributed by atoms with E-state index in [-0.39, 0.29) is 46.1 Å². The molecule has 0 saturated carbocycles. The Hall–Kier alpha value is -5.66. The van der Waals surface area contributed by atoms with E-state index >= 15 is 0 Å². The highest BCUT2D eigenvalue weighted by Gasteiger charge is 2.50. The number of nitrogens with one attached hydrogen (secondary N) is 1. The van der Waals surface area contributed by atoms with Gasteiger partial charge in [0.05, 0.1) is 67.1 Å². The lowest BCUT2D eigenvalue weighted by molar-refractivity contribution is -0.260. The standard InChI is InChI=1S/C45H47N3O14/c1-20-12-23(34-28(50)8-9-29(34)51)14-24(13-20)44(57)47-46-32(19-49)45(58)16-26-36(31(17-45)62-33-15-27(39(52)22(3)61-33)48-10-11-60-21(2)18-48)43(56)38-37(41(26)54)40(53)25-6-5-7-30(59-4)35(25)42(38)55/h5-9,12-14,21-22,27,31,33-34,39,49,52,54,56,58H,10-11,15-19H2,1-4H3,(H,47,57)/b46-32+/t21-,22+,27?,31+,33+,39-,45+/m1/s1. The maximum Gasteiger partial charge on any atom is 0.271 e. The van der Waals surface area contributed by atoms with Crippen molar-refractivity contribution in [3.63, 3.8) is 0 Å². The van der Waals surface area contributed by atoms with Gasteiger partial charge in [0.15, 0.2) is 23.6 Å². The summed E-state index contributed by atoms with van der Waals surface area (Å²) in [7, 11) is 1.32. The molecule has 0 spiro atoms. The molecule has 7 atom stereocenters. The van der Waals surface area contributed by atoms with Gasteiger partial charge in [0.1, 0.15) is 28.8 Å². The number of morpholine rings is 1. The number of hydrogen-bond acceptors (Lipinski definition) is 16. The van der Waals surface area contributed by atoms with Crippen LogP contribution in [0, 0.1) is 6.92 Å². The van der Waals surface area contributed by atoms with Crippen LogP contribution < -0.4 is 10.2 Å². The second kappa shape index (κ2) is 16.6. The number of phenolic OH excluding ortho intramolecular Hbond substituents is 2. The number of nitrogens with zero attached hydrogens (tertiary/aromatic N) is 2. The Balaban J connectivity index is 1.18. The molecule has 1 unspecified atom stereocenters. The minimum Gasteiger partial charge on any atom is -0.507 e. The van der Waals surface area contributed by atoms with Crippen molar-refractivity contribution in [1.29, 1.82) is 0 Å². The highest BCUT2D eigenvalue weighted by atomic mass is 16.7. The highest BCUT2D eigenvalue weighted by molar-refractivity contribution is 6.31. The van der Waals surface area contributed by atoms with E-state index in [9.17, 15) is 49.5 Å². The van der Waals surface area contributed by atoms with Crippen molar-refractivity contribution in [2.45, 2.75) is 88.3 Å². The van der Waals surface area contributed by atoms with Gasteiger partial charge in [-0.1, -0.05) is 23.8 Å². The molecule has 2 heterocycles. The normalized spacial score (nSPS) is 27.8. The van der Waals surface area contributed by atoms with Crippen LogP contribution in [-0.4, -0.2) is 135 Å². The Morgan fingerprint density at radius 3 is 2.44 bits per heavy atom. The molecular formula is C45H47N3O14. The predicted octanol–water partition coefficient (Wildman–Crippen LogP) is 2.08. The molecule has 62 heavy (non-hydrogen) atoms. The second-order valence-electron chi connectivity index (χ2n) is 16.5. The third-order valence-corrected chi connectivity index (χ3v) is 12.5. The number of methoxy groups -OCH3 is 1. The van der Waals surface area contributed by atoms with E-state index in [0.717, 1.165) is 0 Å². The minimum atomic E-state index is -2.24. The number of hydrogen-bond donors (Lipinski definition) is 6. The third-order valence-electron chi connectivity index (χ3n) is 12.5. The van der Waals surface area contributed by atoms with Crippen LogP contribution in [0.25, 0.3) is 0 Å². The summed E-state index contributed by atoms with van der Waals surface area (Å²) in [5.41, 5.74) is -0.919. The number of benzene rings is 3. The van der Waals surface area contributed by atoms with Gasteiger partial charge < -0.3 is 44.5 Å². The van der Waals surface area contributed by atoms with Gasteiger partial charge in [-0.05, 0) is 56.7 Å². The van der Waals surface area contributed by atoms with Gasteiger partial charge in [-0.15, -0.1) is 0 Å². The van der Waals surface area contributed by atoms with Gasteiger partial charge in [0.25, 0.3) is 5.91 Å². The van der Waals surface area contributed by atoms with E-state index in [1.165, 1.54) is 49.6 Å². The van der Waals surface area contributed by atoms with Gasteiger partial charge in [-0.2, -0.15) is 5.10 Å². The maximum absolute atomic E-state index is 14.2. The SMILES string of the molecule is COc1cccc2c1C(=O)c1c(O)c3c(c(O)c1C2=O)C[C@@](O)(/C(CO)=N/NC(=O)c1cc(C)cc(C2C(=O)C=CC2=O)c1)C[C@@H]3O[C@H]1CC(N2CCO[C@H](C)C2)[C@H](O)[C@H](C)O1. The fourth-order valence-corrected chi connectivity index (χ4v) is 9.47. The summed E-state index contributed by atoms with van der Waals surface area (Å²) in [6.07, 6.45) is -2.87. The number of aromatic hydroxyl groups is 2. The zero-order chi connectivity index (χ0) is 44.4. The van der Waals surface area contributed by atoms with Crippen molar-refractivity contribution in [3.05, 3.63) is 98.6 Å². The summed E-state index contributed by atoms with van der Waals surface area (Å²) in [6.45, 7) is 5.83. The molecule has 1 amide bonds.